The van der Waals surface area contributed by atoms with Gasteiger partial charge in [-0.2, -0.15) is 0 Å². The van der Waals surface area contributed by atoms with Gasteiger partial charge in [-0.3, -0.25) is 0 Å². The molecule has 4 nitrogen and oxygen atoms in total. The summed E-state index contributed by atoms with van der Waals surface area (Å²) in [7, 11) is 3.93. The highest BCUT2D eigenvalue weighted by Crippen LogP contribution is 2.43. The number of hydrogen-bond donors (Lipinski definition) is 0. The average Bonchev–Trinajstić information content (AvgIpc) is 3.08. The van der Waals surface area contributed by atoms with Gasteiger partial charge in [-0.15, -0.1) is 0 Å². The zero-order valence-electron chi connectivity index (χ0n) is 13.0. The highest BCUT2D eigenvalue weighted by atomic mass is 16.5. The molecule has 1 fully saturated rings. The van der Waals surface area contributed by atoms with Crippen molar-refractivity contribution in [3.63, 3.8) is 0 Å². The normalized spacial score (nSPS) is 24.9. The van der Waals surface area contributed by atoms with Gasteiger partial charge >= 0.3 is 0 Å². The molecule has 1 aromatic carbocycles. The molecule has 1 aromatic rings. The fourth-order valence-electron chi connectivity index (χ4n) is 3.48. The van der Waals surface area contributed by atoms with Gasteiger partial charge < -0.3 is 19.1 Å². The van der Waals surface area contributed by atoms with Crippen LogP contribution in [0.15, 0.2) is 18.2 Å². The summed E-state index contributed by atoms with van der Waals surface area (Å²) in [5.41, 5.74) is 1.26. The largest absolute Gasteiger partial charge is 0.493 e. The fourth-order valence-corrected chi connectivity index (χ4v) is 3.48. The van der Waals surface area contributed by atoms with Gasteiger partial charge in [0.1, 0.15) is 18.1 Å². The molecule has 0 unspecified atom stereocenters. The van der Waals surface area contributed by atoms with E-state index in [1.807, 2.05) is 6.07 Å². The third kappa shape index (κ3) is 3.16. The van der Waals surface area contributed by atoms with Crippen LogP contribution in [-0.4, -0.2) is 51.5 Å². The average molecular weight is 291 g/mol. The second kappa shape index (κ2) is 6.67. The molecule has 0 aliphatic carbocycles. The number of hydrogen-bond acceptors (Lipinski definition) is 4. The maximum atomic E-state index is 5.89. The molecule has 21 heavy (non-hydrogen) atoms. The molecule has 0 N–H and O–H groups in total. The molecule has 0 bridgehead atoms. The zero-order chi connectivity index (χ0) is 14.7. The molecule has 4 heteroatoms. The number of likely N-dealkylation sites (tertiary alicyclic amines) is 1. The summed E-state index contributed by atoms with van der Waals surface area (Å²) in [6.07, 6.45) is 3.77. The Morgan fingerprint density at radius 2 is 2.24 bits per heavy atom. The molecule has 0 radical (unpaired) electrons. The Kier molecular flexibility index (Phi) is 4.66. The zero-order valence-corrected chi connectivity index (χ0v) is 13.0. The topological polar surface area (TPSA) is 30.9 Å². The molecule has 0 amide bonds. The van der Waals surface area contributed by atoms with Crippen molar-refractivity contribution in [1.29, 1.82) is 0 Å². The van der Waals surface area contributed by atoms with Crippen LogP contribution < -0.4 is 9.47 Å². The van der Waals surface area contributed by atoms with Crippen molar-refractivity contribution in [2.24, 2.45) is 0 Å². The Morgan fingerprint density at radius 3 is 3.00 bits per heavy atom. The van der Waals surface area contributed by atoms with Crippen LogP contribution in [0.4, 0.5) is 0 Å². The van der Waals surface area contributed by atoms with E-state index in [0.717, 1.165) is 24.5 Å². The van der Waals surface area contributed by atoms with E-state index < -0.39 is 0 Å². The van der Waals surface area contributed by atoms with E-state index >= 15 is 0 Å². The van der Waals surface area contributed by atoms with Crippen molar-refractivity contribution in [1.82, 2.24) is 4.90 Å². The highest BCUT2D eigenvalue weighted by Gasteiger charge is 2.32. The van der Waals surface area contributed by atoms with Gasteiger partial charge in [-0.25, -0.2) is 0 Å². The van der Waals surface area contributed by atoms with E-state index in [2.05, 4.69) is 24.1 Å². The van der Waals surface area contributed by atoms with Crippen molar-refractivity contribution in [2.75, 3.05) is 40.5 Å². The second-order valence-electron chi connectivity index (χ2n) is 6.03. The van der Waals surface area contributed by atoms with E-state index in [0.29, 0.717) is 25.2 Å². The number of nitrogens with zero attached hydrogens (tertiary/aromatic N) is 1. The Balaban J connectivity index is 1.73. The van der Waals surface area contributed by atoms with E-state index in [4.69, 9.17) is 14.2 Å². The fraction of sp³-hybridized carbons (Fsp3) is 0.647. The van der Waals surface area contributed by atoms with Crippen LogP contribution in [-0.2, 0) is 4.74 Å². The number of rotatable bonds is 6. The van der Waals surface area contributed by atoms with Gasteiger partial charge in [0.05, 0.1) is 13.2 Å². The smallest absolute Gasteiger partial charge is 0.126 e. The van der Waals surface area contributed by atoms with Gasteiger partial charge in [-0.1, -0.05) is 6.07 Å². The maximum absolute atomic E-state index is 5.89. The van der Waals surface area contributed by atoms with E-state index in [-0.39, 0.29) is 0 Å². The molecule has 0 saturated carbocycles. The molecular formula is C17H25NO3. The number of methoxy groups -OCH3 is 1. The van der Waals surface area contributed by atoms with E-state index in [1.165, 1.54) is 24.9 Å². The summed E-state index contributed by atoms with van der Waals surface area (Å²) in [6.45, 7) is 3.20. The van der Waals surface area contributed by atoms with Crippen LogP contribution in [0.1, 0.15) is 30.7 Å². The van der Waals surface area contributed by atoms with E-state index in [9.17, 15) is 0 Å². The van der Waals surface area contributed by atoms with Gasteiger partial charge in [0.15, 0.2) is 0 Å². The summed E-state index contributed by atoms with van der Waals surface area (Å²) >= 11 is 0. The second-order valence-corrected chi connectivity index (χ2v) is 6.03. The summed E-state index contributed by atoms with van der Waals surface area (Å²) in [4.78, 5) is 2.48. The standard InChI is InChI=1S/C17H25NO3/c1-18-8-4-5-14(18)11-13-12-21-16-7-3-6-15(17(13)16)20-10-9-19-2/h3,6-7,13-14H,4-5,8-12H2,1-2H3/t13-,14-/m1/s1. The summed E-state index contributed by atoms with van der Waals surface area (Å²) < 4.78 is 16.8. The molecule has 2 heterocycles. The molecule has 3 rings (SSSR count). The first-order valence-corrected chi connectivity index (χ1v) is 7.87. The molecule has 116 valence electrons. The van der Waals surface area contributed by atoms with Gasteiger partial charge in [-0.05, 0) is 45.0 Å². The highest BCUT2D eigenvalue weighted by molar-refractivity contribution is 5.49. The third-order valence-electron chi connectivity index (χ3n) is 4.65. The minimum absolute atomic E-state index is 0.448. The molecule has 0 spiro atoms. The first-order chi connectivity index (χ1) is 10.3. The lowest BCUT2D eigenvalue weighted by Crippen LogP contribution is -2.27. The Morgan fingerprint density at radius 1 is 1.33 bits per heavy atom. The summed E-state index contributed by atoms with van der Waals surface area (Å²) in [5.74, 6) is 2.41. The van der Waals surface area contributed by atoms with Crippen LogP contribution in [0.25, 0.3) is 0 Å². The predicted molar refractivity (Wildman–Crippen MR) is 82.3 cm³/mol. The molecular weight excluding hydrogens is 266 g/mol. The van der Waals surface area contributed by atoms with Crippen molar-refractivity contribution < 1.29 is 14.2 Å². The number of ether oxygens (including phenoxy) is 3. The SMILES string of the molecule is COCCOc1cccc2c1[C@H](C[C@H]1CCCN1C)CO2. The Labute approximate surface area is 127 Å². The molecule has 2 aliphatic rings. The van der Waals surface area contributed by atoms with Crippen LogP contribution in [0, 0.1) is 0 Å². The van der Waals surface area contributed by atoms with E-state index in [1.54, 1.807) is 7.11 Å². The monoisotopic (exact) mass is 291 g/mol. The molecule has 2 aliphatic heterocycles. The minimum atomic E-state index is 0.448. The quantitative estimate of drug-likeness (QED) is 0.754. The van der Waals surface area contributed by atoms with Crippen molar-refractivity contribution in [3.05, 3.63) is 23.8 Å². The third-order valence-corrected chi connectivity index (χ3v) is 4.65. The first kappa shape index (κ1) is 14.7. The molecule has 2 atom stereocenters. The van der Waals surface area contributed by atoms with Gasteiger partial charge in [0.2, 0.25) is 0 Å². The lowest BCUT2D eigenvalue weighted by atomic mass is 9.92. The maximum Gasteiger partial charge on any atom is 0.126 e. The van der Waals surface area contributed by atoms with Gasteiger partial charge in [0.25, 0.3) is 0 Å². The predicted octanol–water partition coefficient (Wildman–Crippen LogP) is 2.67. The molecule has 1 saturated heterocycles. The van der Waals surface area contributed by atoms with Crippen LogP contribution >= 0.6 is 0 Å². The minimum Gasteiger partial charge on any atom is -0.493 e. The Bertz CT molecular complexity index is 477. The first-order valence-electron chi connectivity index (χ1n) is 7.87. The van der Waals surface area contributed by atoms with Crippen molar-refractivity contribution in [2.45, 2.75) is 31.2 Å². The van der Waals surface area contributed by atoms with Gasteiger partial charge in [0, 0.05) is 24.6 Å². The lowest BCUT2D eigenvalue weighted by molar-refractivity contribution is 0.145. The van der Waals surface area contributed by atoms with Crippen LogP contribution in [0.5, 0.6) is 11.5 Å². The van der Waals surface area contributed by atoms with Crippen LogP contribution in [0.2, 0.25) is 0 Å². The summed E-state index contributed by atoms with van der Waals surface area (Å²) in [6, 6.07) is 6.78. The number of benzene rings is 1. The van der Waals surface area contributed by atoms with Crippen molar-refractivity contribution in [3.8, 4) is 11.5 Å². The summed E-state index contributed by atoms with van der Waals surface area (Å²) in [5, 5.41) is 0. The lowest BCUT2D eigenvalue weighted by Gasteiger charge is -2.23. The Hall–Kier alpha value is -1.26. The van der Waals surface area contributed by atoms with Crippen molar-refractivity contribution >= 4 is 0 Å². The van der Waals surface area contributed by atoms with Crippen LogP contribution in [0.3, 0.4) is 0 Å². The molecule has 0 aromatic heterocycles. The number of fused-ring (bicyclic) bond motifs is 1.